The van der Waals surface area contributed by atoms with Gasteiger partial charge in [-0.1, -0.05) is 58.6 Å². The molecule has 0 aliphatic carbocycles. The fourth-order valence-corrected chi connectivity index (χ4v) is 3.95. The number of carbonyl (C=O) groups is 1. The summed E-state index contributed by atoms with van der Waals surface area (Å²) in [5.74, 6) is 0.128. The highest BCUT2D eigenvalue weighted by molar-refractivity contribution is 6.35. The second kappa shape index (κ2) is 11.3. The molecule has 5 nitrogen and oxygen atoms in total. The molecule has 3 aromatic rings. The molecule has 3 rings (SSSR count). The number of anilines is 1. The summed E-state index contributed by atoms with van der Waals surface area (Å²) < 4.78 is 11.3. The monoisotopic (exact) mass is 514 g/mol. The quantitative estimate of drug-likeness (QED) is 0.263. The van der Waals surface area contributed by atoms with Crippen LogP contribution in [0.3, 0.4) is 0 Å². The zero-order valence-corrected chi connectivity index (χ0v) is 21.0. The van der Waals surface area contributed by atoms with Crippen LogP contribution in [0.15, 0.2) is 54.1 Å². The van der Waals surface area contributed by atoms with Crippen LogP contribution < -0.4 is 14.8 Å². The third-order valence-corrected chi connectivity index (χ3v) is 5.81. The topological polar surface area (TPSA) is 71.3 Å². The summed E-state index contributed by atoms with van der Waals surface area (Å²) in [7, 11) is 1.47. The minimum atomic E-state index is -0.526. The number of aryl methyl sites for hydroxylation is 2. The van der Waals surface area contributed by atoms with Gasteiger partial charge in [0.25, 0.3) is 5.91 Å². The molecule has 0 aromatic heterocycles. The first-order chi connectivity index (χ1) is 16.2. The van der Waals surface area contributed by atoms with Crippen molar-refractivity contribution in [1.29, 1.82) is 5.26 Å². The van der Waals surface area contributed by atoms with Gasteiger partial charge < -0.3 is 14.8 Å². The van der Waals surface area contributed by atoms with E-state index in [1.807, 2.05) is 32.0 Å². The number of benzene rings is 3. The molecule has 1 N–H and O–H groups in total. The first-order valence-electron chi connectivity index (χ1n) is 10.2. The van der Waals surface area contributed by atoms with Gasteiger partial charge in [0.05, 0.1) is 12.1 Å². The zero-order chi connectivity index (χ0) is 24.8. The summed E-state index contributed by atoms with van der Waals surface area (Å²) in [5, 5.41) is 13.6. The number of nitrogens with one attached hydrogen (secondary N) is 1. The molecule has 0 atom stereocenters. The van der Waals surface area contributed by atoms with E-state index in [1.165, 1.54) is 13.2 Å². The van der Waals surface area contributed by atoms with Gasteiger partial charge in [0.2, 0.25) is 0 Å². The largest absolute Gasteiger partial charge is 0.493 e. The van der Waals surface area contributed by atoms with Crippen molar-refractivity contribution < 1.29 is 14.3 Å². The Labute approximate surface area is 213 Å². The summed E-state index contributed by atoms with van der Waals surface area (Å²) >= 11 is 18.6. The summed E-state index contributed by atoms with van der Waals surface area (Å²) in [6.45, 7) is 4.00. The molecule has 0 saturated heterocycles. The fourth-order valence-electron chi connectivity index (χ4n) is 3.21. The summed E-state index contributed by atoms with van der Waals surface area (Å²) in [5.41, 5.74) is 3.76. The Bertz CT molecular complexity index is 1310. The lowest BCUT2D eigenvalue weighted by Crippen LogP contribution is -2.14. The van der Waals surface area contributed by atoms with Crippen LogP contribution in [0, 0.1) is 25.2 Å². The molecule has 0 fully saturated rings. The second-order valence-electron chi connectivity index (χ2n) is 7.50. The van der Waals surface area contributed by atoms with Gasteiger partial charge >= 0.3 is 0 Å². The first kappa shape index (κ1) is 25.5. The molecule has 3 aromatic carbocycles. The predicted octanol–water partition coefficient (Wildman–Crippen LogP) is 7.40. The molecule has 0 bridgehead atoms. The maximum absolute atomic E-state index is 12.7. The molecular weight excluding hydrogens is 495 g/mol. The van der Waals surface area contributed by atoms with E-state index in [0.717, 1.165) is 16.7 Å². The van der Waals surface area contributed by atoms with Gasteiger partial charge in [-0.15, -0.1) is 0 Å². The average molecular weight is 516 g/mol. The van der Waals surface area contributed by atoms with Crippen LogP contribution in [0.25, 0.3) is 6.08 Å². The smallest absolute Gasteiger partial charge is 0.266 e. The number of carbonyl (C=O) groups excluding carboxylic acids is 1. The lowest BCUT2D eigenvalue weighted by atomic mass is 10.1. The SMILES string of the molecule is COc1cc(/C=C(\C#N)C(=O)Nc2ccc(C)cc2C)cc(Cl)c1OCc1ccc(Cl)cc1Cl. The van der Waals surface area contributed by atoms with Crippen molar-refractivity contribution in [2.45, 2.75) is 20.5 Å². The van der Waals surface area contributed by atoms with Crippen LogP contribution in [-0.4, -0.2) is 13.0 Å². The normalized spacial score (nSPS) is 11.0. The molecule has 8 heteroatoms. The third-order valence-electron chi connectivity index (χ3n) is 4.95. The minimum Gasteiger partial charge on any atom is -0.493 e. The first-order valence-corrected chi connectivity index (χ1v) is 11.3. The summed E-state index contributed by atoms with van der Waals surface area (Å²) in [4.78, 5) is 12.7. The molecule has 0 heterocycles. The van der Waals surface area contributed by atoms with Gasteiger partial charge in [-0.05, 0) is 61.4 Å². The number of nitrogens with zero attached hydrogens (tertiary/aromatic N) is 1. The van der Waals surface area contributed by atoms with Gasteiger partial charge in [-0.25, -0.2) is 0 Å². The lowest BCUT2D eigenvalue weighted by molar-refractivity contribution is -0.112. The van der Waals surface area contributed by atoms with E-state index in [0.29, 0.717) is 32.8 Å². The number of amides is 1. The second-order valence-corrected chi connectivity index (χ2v) is 8.75. The highest BCUT2D eigenvalue weighted by Crippen LogP contribution is 2.38. The van der Waals surface area contributed by atoms with Gasteiger partial charge in [0.1, 0.15) is 18.2 Å². The van der Waals surface area contributed by atoms with Crippen LogP contribution in [0.4, 0.5) is 5.69 Å². The van der Waals surface area contributed by atoms with Crippen molar-refractivity contribution in [1.82, 2.24) is 0 Å². The minimum absolute atomic E-state index is 0.0836. The molecule has 0 saturated carbocycles. The van der Waals surface area contributed by atoms with Crippen molar-refractivity contribution in [2.24, 2.45) is 0 Å². The van der Waals surface area contributed by atoms with Crippen molar-refractivity contribution in [3.8, 4) is 17.6 Å². The summed E-state index contributed by atoms with van der Waals surface area (Å²) in [6.07, 6.45) is 1.44. The Kier molecular flexibility index (Phi) is 8.46. The van der Waals surface area contributed by atoms with Gasteiger partial charge in [-0.3, -0.25) is 4.79 Å². The molecule has 0 aliphatic rings. The van der Waals surface area contributed by atoms with E-state index >= 15 is 0 Å². The van der Waals surface area contributed by atoms with Gasteiger partial charge in [0.15, 0.2) is 11.5 Å². The molecule has 1 amide bonds. The number of nitriles is 1. The molecular formula is C26H21Cl3N2O3. The van der Waals surface area contributed by atoms with E-state index in [9.17, 15) is 10.1 Å². The average Bonchev–Trinajstić information content (AvgIpc) is 2.79. The van der Waals surface area contributed by atoms with E-state index in [4.69, 9.17) is 44.3 Å². The Balaban J connectivity index is 1.83. The Hall–Kier alpha value is -3.17. The maximum atomic E-state index is 12.7. The lowest BCUT2D eigenvalue weighted by Gasteiger charge is -2.14. The predicted molar refractivity (Wildman–Crippen MR) is 137 cm³/mol. The van der Waals surface area contributed by atoms with E-state index in [2.05, 4.69) is 5.32 Å². The number of hydrogen-bond donors (Lipinski definition) is 1. The Morgan fingerprint density at radius 3 is 2.47 bits per heavy atom. The van der Waals surface area contributed by atoms with Crippen molar-refractivity contribution in [2.75, 3.05) is 12.4 Å². The number of halogens is 3. The van der Waals surface area contributed by atoms with E-state index in [-0.39, 0.29) is 17.2 Å². The van der Waals surface area contributed by atoms with Crippen molar-refractivity contribution in [3.05, 3.63) is 91.4 Å². The van der Waals surface area contributed by atoms with Crippen molar-refractivity contribution >= 4 is 52.5 Å². The Morgan fingerprint density at radius 2 is 1.82 bits per heavy atom. The van der Waals surface area contributed by atoms with E-state index in [1.54, 1.807) is 36.4 Å². The standard InChI is InChI=1S/C26H21Cl3N2O3/c1-15-4-7-23(16(2)8-15)31-26(32)19(13-30)9-17-10-22(29)25(24(11-17)33-3)34-14-18-5-6-20(27)12-21(18)28/h4-12H,14H2,1-3H3,(H,31,32)/b19-9+. The van der Waals surface area contributed by atoms with Gasteiger partial charge in [0, 0.05) is 21.3 Å². The van der Waals surface area contributed by atoms with Crippen molar-refractivity contribution in [3.63, 3.8) is 0 Å². The number of rotatable bonds is 7. The van der Waals surface area contributed by atoms with Gasteiger partial charge in [-0.2, -0.15) is 5.26 Å². The molecule has 174 valence electrons. The molecule has 0 unspecified atom stereocenters. The van der Waals surface area contributed by atoms with Crippen LogP contribution in [0.1, 0.15) is 22.3 Å². The molecule has 0 aliphatic heterocycles. The van der Waals surface area contributed by atoms with E-state index < -0.39 is 5.91 Å². The van der Waals surface area contributed by atoms with Crippen LogP contribution in [-0.2, 0) is 11.4 Å². The number of hydrogen-bond acceptors (Lipinski definition) is 4. The fraction of sp³-hybridized carbons (Fsp3) is 0.154. The zero-order valence-electron chi connectivity index (χ0n) is 18.7. The molecule has 0 spiro atoms. The highest BCUT2D eigenvalue weighted by atomic mass is 35.5. The number of ether oxygens (including phenoxy) is 2. The number of methoxy groups -OCH3 is 1. The highest BCUT2D eigenvalue weighted by Gasteiger charge is 2.15. The molecule has 34 heavy (non-hydrogen) atoms. The molecule has 0 radical (unpaired) electrons. The maximum Gasteiger partial charge on any atom is 0.266 e. The van der Waals surface area contributed by atoms with Crippen LogP contribution >= 0.6 is 34.8 Å². The van der Waals surface area contributed by atoms with Crippen LogP contribution in [0.2, 0.25) is 15.1 Å². The summed E-state index contributed by atoms with van der Waals surface area (Å²) in [6, 6.07) is 15.9. The van der Waals surface area contributed by atoms with Crippen LogP contribution in [0.5, 0.6) is 11.5 Å². The Morgan fingerprint density at radius 1 is 1.06 bits per heavy atom. The third kappa shape index (κ3) is 6.24.